The molecule has 0 radical (unpaired) electrons. The van der Waals surface area contributed by atoms with Gasteiger partial charge in [-0.3, -0.25) is 4.90 Å². The van der Waals surface area contributed by atoms with Gasteiger partial charge in [0.25, 0.3) is 0 Å². The lowest BCUT2D eigenvalue weighted by molar-refractivity contribution is -0.192. The maximum Gasteiger partial charge on any atom is 0.490 e. The third-order valence-electron chi connectivity index (χ3n) is 4.71. The van der Waals surface area contributed by atoms with Crippen molar-refractivity contribution in [1.82, 2.24) is 10.2 Å². The average molecular weight is 394 g/mol. The number of nitrogens with zero attached hydrogens (tertiary/aromatic N) is 1. The summed E-state index contributed by atoms with van der Waals surface area (Å²) < 4.78 is 31.7. The maximum atomic E-state index is 10.6. The lowest BCUT2D eigenvalue weighted by Crippen LogP contribution is -2.29. The van der Waals surface area contributed by atoms with Crippen LogP contribution in [0.25, 0.3) is 11.1 Å². The van der Waals surface area contributed by atoms with Crippen LogP contribution in [0, 0.1) is 6.92 Å². The summed E-state index contributed by atoms with van der Waals surface area (Å²) in [4.78, 5) is 11.4. The van der Waals surface area contributed by atoms with Crippen LogP contribution >= 0.6 is 0 Å². The Balaban J connectivity index is 0.000000345. The Kier molecular flexibility index (Phi) is 7.60. The number of benzene rings is 2. The monoisotopic (exact) mass is 394 g/mol. The highest BCUT2D eigenvalue weighted by atomic mass is 19.4. The molecule has 1 atom stereocenters. The van der Waals surface area contributed by atoms with E-state index in [-0.39, 0.29) is 0 Å². The minimum atomic E-state index is -5.08. The molecule has 0 saturated carbocycles. The van der Waals surface area contributed by atoms with E-state index in [0.717, 1.165) is 13.1 Å². The van der Waals surface area contributed by atoms with Crippen LogP contribution in [0.5, 0.6) is 0 Å². The van der Waals surface area contributed by atoms with Crippen molar-refractivity contribution in [1.29, 1.82) is 0 Å². The van der Waals surface area contributed by atoms with Crippen molar-refractivity contribution in [3.63, 3.8) is 0 Å². The van der Waals surface area contributed by atoms with Crippen LogP contribution in [-0.2, 0) is 11.3 Å². The number of hydrogen-bond acceptors (Lipinski definition) is 3. The molecule has 2 N–H and O–H groups in total. The molecule has 1 unspecified atom stereocenters. The second kappa shape index (κ2) is 9.71. The first-order valence-corrected chi connectivity index (χ1v) is 9.05. The van der Waals surface area contributed by atoms with E-state index in [2.05, 4.69) is 72.7 Å². The smallest absolute Gasteiger partial charge is 0.475 e. The van der Waals surface area contributed by atoms with Gasteiger partial charge in [0.15, 0.2) is 0 Å². The summed E-state index contributed by atoms with van der Waals surface area (Å²) in [5.41, 5.74) is 5.42. The summed E-state index contributed by atoms with van der Waals surface area (Å²) in [5.74, 6) is -2.76. The minimum absolute atomic E-state index is 0.657. The van der Waals surface area contributed by atoms with Crippen LogP contribution in [0.4, 0.5) is 13.2 Å². The lowest BCUT2D eigenvalue weighted by Gasteiger charge is -2.16. The van der Waals surface area contributed by atoms with Crippen molar-refractivity contribution in [3.8, 4) is 11.1 Å². The van der Waals surface area contributed by atoms with E-state index >= 15 is 0 Å². The van der Waals surface area contributed by atoms with Crippen molar-refractivity contribution in [2.75, 3.05) is 20.1 Å². The quantitative estimate of drug-likeness (QED) is 0.820. The molecule has 0 bridgehead atoms. The summed E-state index contributed by atoms with van der Waals surface area (Å²) >= 11 is 0. The molecule has 1 saturated heterocycles. The third-order valence-corrected chi connectivity index (χ3v) is 4.71. The van der Waals surface area contributed by atoms with E-state index in [0.29, 0.717) is 6.04 Å². The molecule has 0 spiro atoms. The SMILES string of the molecule is CNC1CCN(Cc2cccc(-c3ccccc3C)c2)C1.O=C(O)C(F)(F)F. The van der Waals surface area contributed by atoms with Crippen molar-refractivity contribution < 1.29 is 23.1 Å². The van der Waals surface area contributed by atoms with Crippen LogP contribution in [0.1, 0.15) is 17.5 Å². The van der Waals surface area contributed by atoms with Gasteiger partial charge in [0, 0.05) is 25.7 Å². The van der Waals surface area contributed by atoms with Gasteiger partial charge < -0.3 is 10.4 Å². The van der Waals surface area contributed by atoms with Crippen LogP contribution in [0.15, 0.2) is 48.5 Å². The molecule has 7 heteroatoms. The van der Waals surface area contributed by atoms with E-state index in [1.165, 1.54) is 35.2 Å². The molecule has 1 heterocycles. The zero-order chi connectivity index (χ0) is 20.7. The Bertz CT molecular complexity index is 793. The number of aliphatic carboxylic acids is 1. The molecular formula is C21H25F3N2O2. The van der Waals surface area contributed by atoms with Gasteiger partial charge in [-0.1, -0.05) is 42.5 Å². The highest BCUT2D eigenvalue weighted by Crippen LogP contribution is 2.25. The summed E-state index contributed by atoms with van der Waals surface area (Å²) in [6.07, 6.45) is -3.83. The highest BCUT2D eigenvalue weighted by molar-refractivity contribution is 5.73. The second-order valence-corrected chi connectivity index (χ2v) is 6.83. The molecule has 1 aliphatic heterocycles. The van der Waals surface area contributed by atoms with E-state index in [9.17, 15) is 13.2 Å². The lowest BCUT2D eigenvalue weighted by atomic mass is 9.99. The van der Waals surface area contributed by atoms with Gasteiger partial charge in [-0.15, -0.1) is 0 Å². The number of carboxylic acid groups (broad SMARTS) is 1. The fourth-order valence-electron chi connectivity index (χ4n) is 3.20. The zero-order valence-corrected chi connectivity index (χ0v) is 16.0. The molecule has 0 aliphatic carbocycles. The molecular weight excluding hydrogens is 369 g/mol. The van der Waals surface area contributed by atoms with Crippen molar-refractivity contribution in [2.24, 2.45) is 0 Å². The zero-order valence-electron chi connectivity index (χ0n) is 16.0. The number of carbonyl (C=O) groups is 1. The molecule has 152 valence electrons. The van der Waals surface area contributed by atoms with Crippen molar-refractivity contribution in [2.45, 2.75) is 32.1 Å². The molecule has 1 fully saturated rings. The predicted molar refractivity (Wildman–Crippen MR) is 103 cm³/mol. The van der Waals surface area contributed by atoms with Gasteiger partial charge in [0.05, 0.1) is 0 Å². The molecule has 2 aromatic rings. The largest absolute Gasteiger partial charge is 0.490 e. The normalized spacial score (nSPS) is 17.1. The number of aryl methyl sites for hydroxylation is 1. The fourth-order valence-corrected chi connectivity index (χ4v) is 3.20. The highest BCUT2D eigenvalue weighted by Gasteiger charge is 2.38. The number of likely N-dealkylation sites (tertiary alicyclic amines) is 1. The second-order valence-electron chi connectivity index (χ2n) is 6.83. The van der Waals surface area contributed by atoms with Crippen molar-refractivity contribution in [3.05, 3.63) is 59.7 Å². The summed E-state index contributed by atoms with van der Waals surface area (Å²) in [6, 6.07) is 18.3. The third kappa shape index (κ3) is 6.35. The van der Waals surface area contributed by atoms with Crippen LogP contribution in [0.3, 0.4) is 0 Å². The number of hydrogen-bond donors (Lipinski definition) is 2. The molecule has 2 aromatic carbocycles. The maximum absolute atomic E-state index is 10.6. The average Bonchev–Trinajstić information content (AvgIpc) is 3.09. The molecule has 0 amide bonds. The van der Waals surface area contributed by atoms with Crippen LogP contribution < -0.4 is 5.32 Å². The Labute approximate surface area is 163 Å². The number of halogens is 3. The molecule has 28 heavy (non-hydrogen) atoms. The predicted octanol–water partition coefficient (Wildman–Crippen LogP) is 4.09. The Hall–Kier alpha value is -2.38. The molecule has 4 nitrogen and oxygen atoms in total. The van der Waals surface area contributed by atoms with E-state index in [1.807, 2.05) is 0 Å². The number of alkyl halides is 3. The van der Waals surface area contributed by atoms with Gasteiger partial charge in [0.1, 0.15) is 0 Å². The van der Waals surface area contributed by atoms with Crippen molar-refractivity contribution >= 4 is 5.97 Å². The summed E-state index contributed by atoms with van der Waals surface area (Å²) in [5, 5.41) is 10.5. The van der Waals surface area contributed by atoms with Gasteiger partial charge in [-0.2, -0.15) is 13.2 Å². The summed E-state index contributed by atoms with van der Waals surface area (Å²) in [7, 11) is 2.06. The summed E-state index contributed by atoms with van der Waals surface area (Å²) in [6.45, 7) is 5.59. The topological polar surface area (TPSA) is 52.6 Å². The molecule has 3 rings (SSSR count). The molecule has 0 aromatic heterocycles. The standard InChI is InChI=1S/C19H24N2.C2HF3O2/c1-15-6-3-4-9-19(15)17-8-5-7-16(12-17)13-21-11-10-18(14-21)20-2;3-2(4,5)1(6)7/h3-9,12,18,20H,10-11,13-14H2,1-2H3;(H,6,7). The number of likely N-dealkylation sites (N-methyl/N-ethyl adjacent to an activating group) is 1. The number of nitrogens with one attached hydrogen (secondary N) is 1. The first-order valence-electron chi connectivity index (χ1n) is 9.05. The van der Waals surface area contributed by atoms with Gasteiger partial charge >= 0.3 is 12.1 Å². The Morgan fingerprint density at radius 2 is 1.89 bits per heavy atom. The number of carboxylic acids is 1. The number of rotatable bonds is 4. The van der Waals surface area contributed by atoms with Gasteiger partial charge in [-0.05, 0) is 48.7 Å². The van der Waals surface area contributed by atoms with Crippen LogP contribution in [0.2, 0.25) is 0 Å². The van der Waals surface area contributed by atoms with E-state index in [4.69, 9.17) is 9.90 Å². The Morgan fingerprint density at radius 1 is 1.21 bits per heavy atom. The van der Waals surface area contributed by atoms with E-state index < -0.39 is 12.1 Å². The first-order chi connectivity index (χ1) is 13.2. The minimum Gasteiger partial charge on any atom is -0.475 e. The molecule has 1 aliphatic rings. The first kappa shape index (κ1) is 21.9. The van der Waals surface area contributed by atoms with Crippen LogP contribution in [-0.4, -0.2) is 48.3 Å². The Morgan fingerprint density at radius 3 is 2.46 bits per heavy atom. The van der Waals surface area contributed by atoms with Gasteiger partial charge in [-0.25, -0.2) is 4.79 Å². The van der Waals surface area contributed by atoms with E-state index in [1.54, 1.807) is 0 Å². The van der Waals surface area contributed by atoms with Gasteiger partial charge in [0.2, 0.25) is 0 Å². The fraction of sp³-hybridized carbons (Fsp3) is 0.381.